The number of benzene rings is 1. The summed E-state index contributed by atoms with van der Waals surface area (Å²) < 4.78 is 68.0. The largest absolute Gasteiger partial charge is 0.506 e. The predicted octanol–water partition coefficient (Wildman–Crippen LogP) is -0.0630. The van der Waals surface area contributed by atoms with Gasteiger partial charge in [-0.1, -0.05) is 0 Å². The first kappa shape index (κ1) is 20.3. The summed E-state index contributed by atoms with van der Waals surface area (Å²) in [5, 5.41) is 9.88. The van der Waals surface area contributed by atoms with Gasteiger partial charge in [0, 0.05) is 31.3 Å². The normalized spacial score (nSPS) is 24.1. The molecule has 1 unspecified atom stereocenters. The molecule has 2 aromatic rings. The van der Waals surface area contributed by atoms with E-state index in [0.29, 0.717) is 35.8 Å². The molecule has 166 valence electrons. The maximum absolute atomic E-state index is 15.3. The van der Waals surface area contributed by atoms with Crippen molar-refractivity contribution < 1.29 is 31.1 Å². The Labute approximate surface area is 177 Å². The lowest BCUT2D eigenvalue weighted by molar-refractivity contribution is -0.117. The monoisotopic (exact) mass is 471 g/mol. The number of phenols is 1. The maximum atomic E-state index is 15.3. The first-order chi connectivity index (χ1) is 14.6. The van der Waals surface area contributed by atoms with Gasteiger partial charge in [-0.05, 0) is 19.3 Å². The zero-order valence-electron chi connectivity index (χ0n) is 16.0. The number of anilines is 1. The van der Waals surface area contributed by atoms with E-state index in [2.05, 4.69) is 9.97 Å². The summed E-state index contributed by atoms with van der Waals surface area (Å²) in [5.41, 5.74) is -0.598. The van der Waals surface area contributed by atoms with Crippen molar-refractivity contribution in [3.8, 4) is 5.75 Å². The minimum atomic E-state index is -4.34. The number of halogens is 1. The van der Waals surface area contributed by atoms with E-state index in [1.54, 1.807) is 4.72 Å². The van der Waals surface area contributed by atoms with Gasteiger partial charge in [0.15, 0.2) is 5.82 Å². The van der Waals surface area contributed by atoms with Crippen LogP contribution in [0.15, 0.2) is 12.3 Å². The Morgan fingerprint density at radius 3 is 2.65 bits per heavy atom. The Kier molecular flexibility index (Phi) is 4.40. The number of phenolic OH excluding ortho intramolecular Hbond substituents is 1. The third-order valence-corrected chi connectivity index (χ3v) is 9.44. The van der Waals surface area contributed by atoms with Crippen LogP contribution in [0.2, 0.25) is 0 Å². The number of sulfonamides is 1. The maximum Gasteiger partial charge on any atom is 0.326 e. The van der Waals surface area contributed by atoms with Crippen molar-refractivity contribution >= 4 is 42.9 Å². The van der Waals surface area contributed by atoms with Gasteiger partial charge >= 0.3 is 10.2 Å². The van der Waals surface area contributed by atoms with E-state index in [4.69, 9.17) is 0 Å². The van der Waals surface area contributed by atoms with E-state index >= 15 is 4.39 Å². The lowest BCUT2D eigenvalue weighted by Gasteiger charge is -2.18. The third-order valence-electron chi connectivity index (χ3n) is 5.70. The quantitative estimate of drug-likeness (QED) is 0.630. The molecule has 1 aromatic heterocycles. The minimum Gasteiger partial charge on any atom is -0.506 e. The van der Waals surface area contributed by atoms with Crippen LogP contribution in [0.3, 0.4) is 0 Å². The van der Waals surface area contributed by atoms with E-state index < -0.39 is 49.9 Å². The number of nitrogens with one attached hydrogen (secondary N) is 1. The Bertz CT molecular complexity index is 1330. The van der Waals surface area contributed by atoms with E-state index in [-0.39, 0.29) is 28.7 Å². The summed E-state index contributed by atoms with van der Waals surface area (Å²) in [5.74, 6) is -2.98. The number of carbonyl (C=O) groups is 1. The fourth-order valence-electron chi connectivity index (χ4n) is 3.96. The number of carbonyl (C=O) groups excluding carboxylic acids is 1. The Hall–Kier alpha value is -2.58. The van der Waals surface area contributed by atoms with Crippen LogP contribution < -0.4 is 9.03 Å². The molecular weight excluding hydrogens is 453 g/mol. The van der Waals surface area contributed by atoms with E-state index in [9.17, 15) is 26.7 Å². The highest BCUT2D eigenvalue weighted by Gasteiger charge is 2.43. The van der Waals surface area contributed by atoms with E-state index in [1.165, 1.54) is 10.5 Å². The Balaban J connectivity index is 1.52. The van der Waals surface area contributed by atoms with Crippen LogP contribution in [0.25, 0.3) is 11.0 Å². The van der Waals surface area contributed by atoms with Gasteiger partial charge in [-0.25, -0.2) is 31.1 Å². The van der Waals surface area contributed by atoms with Gasteiger partial charge in [-0.15, -0.1) is 0 Å². The molecule has 2 N–H and O–H groups in total. The molecule has 0 bridgehead atoms. The molecule has 2 aliphatic heterocycles. The van der Waals surface area contributed by atoms with Crippen molar-refractivity contribution in [2.75, 3.05) is 23.9 Å². The van der Waals surface area contributed by atoms with Crippen molar-refractivity contribution in [3.05, 3.63) is 23.8 Å². The molecule has 3 heterocycles. The number of amides is 1. The van der Waals surface area contributed by atoms with Gasteiger partial charge < -0.3 is 5.11 Å². The zero-order valence-corrected chi connectivity index (χ0v) is 17.7. The van der Waals surface area contributed by atoms with Crippen LogP contribution >= 0.6 is 0 Å². The number of aromatic hydroxyl groups is 1. The number of nitrogens with zero attached hydrogens (tertiary/aromatic N) is 4. The number of fused-ring (bicyclic) bond motifs is 1. The zero-order chi connectivity index (χ0) is 22.1. The van der Waals surface area contributed by atoms with Crippen molar-refractivity contribution in [1.29, 1.82) is 0 Å². The second-order valence-corrected chi connectivity index (χ2v) is 11.7. The van der Waals surface area contributed by atoms with Crippen LogP contribution in [-0.4, -0.2) is 67.0 Å². The molecule has 14 heteroatoms. The van der Waals surface area contributed by atoms with Crippen LogP contribution in [0.1, 0.15) is 30.9 Å². The first-order valence-corrected chi connectivity index (χ1v) is 12.5. The Morgan fingerprint density at radius 1 is 1.26 bits per heavy atom. The van der Waals surface area contributed by atoms with Crippen molar-refractivity contribution in [1.82, 2.24) is 19.0 Å². The van der Waals surface area contributed by atoms with Crippen LogP contribution in [0.5, 0.6) is 5.75 Å². The topological polar surface area (TPSA) is 150 Å². The lowest BCUT2D eigenvalue weighted by Crippen LogP contribution is -2.31. The van der Waals surface area contributed by atoms with Crippen LogP contribution in [0, 0.1) is 5.82 Å². The molecular formula is C17H18FN5O6S2. The molecule has 31 heavy (non-hydrogen) atoms. The van der Waals surface area contributed by atoms with Gasteiger partial charge in [0.1, 0.15) is 23.5 Å². The molecule has 1 saturated carbocycles. The number of hydrogen-bond donors (Lipinski definition) is 2. The number of rotatable bonds is 4. The van der Waals surface area contributed by atoms with E-state index in [1.807, 2.05) is 0 Å². The average molecular weight is 471 g/mol. The molecule has 5 rings (SSSR count). The lowest BCUT2D eigenvalue weighted by atomic mass is 10.1. The standard InChI is InChI=1S/C17H18FN5O6S2/c18-15-16-11(5-13(24)17(15)23-8-14(25)21-31(23,28)29)19-6-12(20-16)9-3-4-22(7-9)30(26,27)10-1-2-10/h5-6,9-10,24H,1-4,7-8H2,(H,21,25). The van der Waals surface area contributed by atoms with Crippen LogP contribution in [0.4, 0.5) is 10.1 Å². The van der Waals surface area contributed by atoms with Crippen molar-refractivity contribution in [2.45, 2.75) is 30.4 Å². The minimum absolute atomic E-state index is 0.00108. The fourth-order valence-corrected chi connectivity index (χ4v) is 7.02. The average Bonchev–Trinajstić information content (AvgIpc) is 3.37. The van der Waals surface area contributed by atoms with Crippen LogP contribution in [-0.2, 0) is 25.0 Å². The molecule has 1 aromatic carbocycles. The molecule has 3 fully saturated rings. The van der Waals surface area contributed by atoms with Gasteiger partial charge in [0.05, 0.1) is 16.5 Å². The highest BCUT2D eigenvalue weighted by Crippen LogP contribution is 2.39. The molecule has 0 radical (unpaired) electrons. The third kappa shape index (κ3) is 3.29. The molecule has 11 nitrogen and oxygen atoms in total. The van der Waals surface area contributed by atoms with Crippen molar-refractivity contribution in [2.24, 2.45) is 0 Å². The molecule has 0 spiro atoms. The van der Waals surface area contributed by atoms with Crippen molar-refractivity contribution in [3.63, 3.8) is 0 Å². The summed E-state index contributed by atoms with van der Waals surface area (Å²) in [6.45, 7) is -0.126. The SMILES string of the molecule is O=C1CN(c2c(O)cc3ncc(C4CCN(S(=O)(=O)C5CC5)C4)nc3c2F)S(=O)(=O)N1. The summed E-state index contributed by atoms with van der Waals surface area (Å²) in [6, 6.07) is 1.07. The second kappa shape index (κ2) is 6.71. The van der Waals surface area contributed by atoms with E-state index in [0.717, 1.165) is 6.07 Å². The highest BCUT2D eigenvalue weighted by molar-refractivity contribution is 7.92. The molecule has 1 atom stereocenters. The van der Waals surface area contributed by atoms with Gasteiger partial charge in [-0.3, -0.25) is 9.78 Å². The summed E-state index contributed by atoms with van der Waals surface area (Å²) in [6.07, 6.45) is 3.22. The number of hydrogen-bond acceptors (Lipinski definition) is 8. The van der Waals surface area contributed by atoms with Gasteiger partial charge in [0.2, 0.25) is 10.0 Å². The Morgan fingerprint density at radius 2 is 2.00 bits per heavy atom. The summed E-state index contributed by atoms with van der Waals surface area (Å²) >= 11 is 0. The summed E-state index contributed by atoms with van der Waals surface area (Å²) in [4.78, 5) is 19.9. The molecule has 1 amide bonds. The summed E-state index contributed by atoms with van der Waals surface area (Å²) in [7, 11) is -7.68. The first-order valence-electron chi connectivity index (χ1n) is 9.58. The highest BCUT2D eigenvalue weighted by atomic mass is 32.2. The molecule has 3 aliphatic rings. The molecule has 2 saturated heterocycles. The number of aromatic nitrogens is 2. The fraction of sp³-hybridized carbons (Fsp3) is 0.471. The smallest absolute Gasteiger partial charge is 0.326 e. The van der Waals surface area contributed by atoms with Gasteiger partial charge in [0.25, 0.3) is 5.91 Å². The molecule has 1 aliphatic carbocycles. The second-order valence-electron chi connectivity index (χ2n) is 7.85. The van der Waals surface area contributed by atoms with Gasteiger partial charge in [-0.2, -0.15) is 8.42 Å². The predicted molar refractivity (Wildman–Crippen MR) is 106 cm³/mol.